The highest BCUT2D eigenvalue weighted by atomic mass is 16.5. The van der Waals surface area contributed by atoms with Crippen LogP contribution in [0.15, 0.2) is 28.8 Å². The molecule has 2 aromatic rings. The molecule has 0 amide bonds. The van der Waals surface area contributed by atoms with Gasteiger partial charge in [0.1, 0.15) is 5.75 Å². The van der Waals surface area contributed by atoms with E-state index in [1.165, 1.54) is 0 Å². The van der Waals surface area contributed by atoms with Crippen LogP contribution < -0.4 is 10.1 Å². The molecule has 0 spiro atoms. The Morgan fingerprint density at radius 2 is 2.10 bits per heavy atom. The summed E-state index contributed by atoms with van der Waals surface area (Å²) in [5.74, 6) is 2.04. The average Bonchev–Trinajstić information content (AvgIpc) is 2.95. The fraction of sp³-hybridized carbons (Fsp3) is 0.500. The van der Waals surface area contributed by atoms with Gasteiger partial charge in [0.15, 0.2) is 0 Å². The minimum absolute atomic E-state index is 0.445. The highest BCUT2D eigenvalue weighted by molar-refractivity contribution is 5.63. The average molecular weight is 289 g/mol. The molecule has 1 aromatic heterocycles. The van der Waals surface area contributed by atoms with Gasteiger partial charge in [0.25, 0.3) is 0 Å². The molecule has 0 aliphatic heterocycles. The summed E-state index contributed by atoms with van der Waals surface area (Å²) in [6.07, 6.45) is 1.75. The lowest BCUT2D eigenvalue weighted by molar-refractivity contribution is 0.340. The van der Waals surface area contributed by atoms with Gasteiger partial charge in [-0.1, -0.05) is 24.2 Å². The van der Waals surface area contributed by atoms with Crippen LogP contribution in [0.2, 0.25) is 0 Å². The lowest BCUT2D eigenvalue weighted by atomic mass is 10.1. The van der Waals surface area contributed by atoms with Crippen LogP contribution in [0.5, 0.6) is 5.75 Å². The third-order valence-electron chi connectivity index (χ3n) is 3.24. The van der Waals surface area contributed by atoms with Crippen molar-refractivity contribution >= 4 is 0 Å². The maximum absolute atomic E-state index is 5.60. The van der Waals surface area contributed by atoms with E-state index in [2.05, 4.69) is 29.3 Å². The summed E-state index contributed by atoms with van der Waals surface area (Å²) in [5, 5.41) is 7.44. The van der Waals surface area contributed by atoms with E-state index in [-0.39, 0.29) is 0 Å². The molecular weight excluding hydrogens is 266 g/mol. The maximum Gasteiger partial charge on any atom is 0.227 e. The molecule has 1 N–H and O–H groups in total. The first-order valence-corrected chi connectivity index (χ1v) is 7.52. The molecule has 1 aromatic carbocycles. The Bertz CT molecular complexity index is 554. The number of ether oxygens (including phenoxy) is 1. The quantitative estimate of drug-likeness (QED) is 0.809. The van der Waals surface area contributed by atoms with Crippen LogP contribution in [-0.4, -0.2) is 29.3 Å². The van der Waals surface area contributed by atoms with Gasteiger partial charge in [-0.15, -0.1) is 0 Å². The first-order valence-electron chi connectivity index (χ1n) is 7.52. The molecule has 2 rings (SSSR count). The van der Waals surface area contributed by atoms with Crippen molar-refractivity contribution in [2.45, 2.75) is 39.7 Å². The molecule has 0 saturated carbocycles. The lowest BCUT2D eigenvalue weighted by Crippen LogP contribution is -2.25. The zero-order valence-corrected chi connectivity index (χ0v) is 12.9. The van der Waals surface area contributed by atoms with E-state index >= 15 is 0 Å². The summed E-state index contributed by atoms with van der Waals surface area (Å²) in [7, 11) is 0. The van der Waals surface area contributed by atoms with Gasteiger partial charge in [0.2, 0.25) is 11.7 Å². The predicted molar refractivity (Wildman–Crippen MR) is 82.4 cm³/mol. The van der Waals surface area contributed by atoms with Gasteiger partial charge in [-0.3, -0.25) is 0 Å². The van der Waals surface area contributed by atoms with Crippen molar-refractivity contribution in [3.63, 3.8) is 0 Å². The Morgan fingerprint density at radius 1 is 1.29 bits per heavy atom. The van der Waals surface area contributed by atoms with Crippen molar-refractivity contribution in [1.29, 1.82) is 0 Å². The van der Waals surface area contributed by atoms with Gasteiger partial charge < -0.3 is 14.6 Å². The Morgan fingerprint density at radius 3 is 2.86 bits per heavy atom. The van der Waals surface area contributed by atoms with Crippen LogP contribution in [0, 0.1) is 0 Å². The number of aromatic nitrogens is 2. The summed E-state index contributed by atoms with van der Waals surface area (Å²) >= 11 is 0. The number of hydrogen-bond acceptors (Lipinski definition) is 5. The Balaban J connectivity index is 2.06. The van der Waals surface area contributed by atoms with Crippen molar-refractivity contribution in [3.8, 4) is 17.1 Å². The summed E-state index contributed by atoms with van der Waals surface area (Å²) < 4.78 is 10.9. The maximum atomic E-state index is 5.60. The van der Waals surface area contributed by atoms with E-state index in [0.717, 1.165) is 30.7 Å². The summed E-state index contributed by atoms with van der Waals surface area (Å²) in [4.78, 5) is 4.47. The lowest BCUT2D eigenvalue weighted by Gasteiger charge is -2.09. The third-order valence-corrected chi connectivity index (χ3v) is 3.24. The van der Waals surface area contributed by atoms with Crippen LogP contribution in [-0.2, 0) is 6.42 Å². The van der Waals surface area contributed by atoms with Gasteiger partial charge in [-0.25, -0.2) is 0 Å². The molecule has 21 heavy (non-hydrogen) atoms. The van der Waals surface area contributed by atoms with Crippen LogP contribution in [0.4, 0.5) is 0 Å². The van der Waals surface area contributed by atoms with Crippen molar-refractivity contribution in [3.05, 3.63) is 30.2 Å². The SMILES string of the molecule is CCNC(C)CCc1nc(-c2ccccc2OCC)no1. The number of nitrogens with zero attached hydrogens (tertiary/aromatic N) is 2. The third kappa shape index (κ3) is 4.29. The fourth-order valence-corrected chi connectivity index (χ4v) is 2.19. The highest BCUT2D eigenvalue weighted by Gasteiger charge is 2.13. The molecule has 0 fully saturated rings. The van der Waals surface area contributed by atoms with Gasteiger partial charge >= 0.3 is 0 Å². The monoisotopic (exact) mass is 289 g/mol. The molecule has 1 atom stereocenters. The van der Waals surface area contributed by atoms with Gasteiger partial charge in [-0.05, 0) is 38.9 Å². The molecule has 114 valence electrons. The minimum atomic E-state index is 0.445. The van der Waals surface area contributed by atoms with Crippen LogP contribution in [0.1, 0.15) is 33.1 Å². The molecule has 0 aliphatic rings. The molecule has 0 aliphatic carbocycles. The van der Waals surface area contributed by atoms with Crippen molar-refractivity contribution in [1.82, 2.24) is 15.5 Å². The van der Waals surface area contributed by atoms with Crippen molar-refractivity contribution in [2.24, 2.45) is 0 Å². The van der Waals surface area contributed by atoms with Crippen LogP contribution in [0.25, 0.3) is 11.4 Å². The molecule has 5 heteroatoms. The number of nitrogens with one attached hydrogen (secondary N) is 1. The second-order valence-corrected chi connectivity index (χ2v) is 4.94. The summed E-state index contributed by atoms with van der Waals surface area (Å²) in [5.41, 5.74) is 0.870. The first kappa shape index (κ1) is 15.5. The molecule has 0 saturated heterocycles. The molecule has 5 nitrogen and oxygen atoms in total. The zero-order valence-electron chi connectivity index (χ0n) is 12.9. The normalized spacial score (nSPS) is 12.3. The molecule has 0 bridgehead atoms. The van der Waals surface area contributed by atoms with E-state index in [1.54, 1.807) is 0 Å². The zero-order chi connectivity index (χ0) is 15.1. The smallest absolute Gasteiger partial charge is 0.227 e. The number of hydrogen-bond donors (Lipinski definition) is 1. The number of aryl methyl sites for hydroxylation is 1. The van der Waals surface area contributed by atoms with E-state index in [1.807, 2.05) is 31.2 Å². The topological polar surface area (TPSA) is 60.2 Å². The second kappa shape index (κ2) is 7.78. The van der Waals surface area contributed by atoms with Crippen LogP contribution in [0.3, 0.4) is 0 Å². The highest BCUT2D eigenvalue weighted by Crippen LogP contribution is 2.27. The van der Waals surface area contributed by atoms with Crippen molar-refractivity contribution in [2.75, 3.05) is 13.2 Å². The standard InChI is InChI=1S/C16H23N3O2/c1-4-17-12(3)10-11-15-18-16(19-21-15)13-8-6-7-9-14(13)20-5-2/h6-9,12,17H,4-5,10-11H2,1-3H3. The van der Waals surface area contributed by atoms with E-state index in [0.29, 0.717) is 24.4 Å². The minimum Gasteiger partial charge on any atom is -0.493 e. The number of benzene rings is 1. The van der Waals surface area contributed by atoms with Gasteiger partial charge in [0.05, 0.1) is 12.2 Å². The van der Waals surface area contributed by atoms with Crippen molar-refractivity contribution < 1.29 is 9.26 Å². The van der Waals surface area contributed by atoms with E-state index in [4.69, 9.17) is 9.26 Å². The molecule has 0 radical (unpaired) electrons. The van der Waals surface area contributed by atoms with Crippen LogP contribution >= 0.6 is 0 Å². The molecular formula is C16H23N3O2. The Labute approximate surface area is 125 Å². The largest absolute Gasteiger partial charge is 0.493 e. The van der Waals surface area contributed by atoms with E-state index < -0.39 is 0 Å². The predicted octanol–water partition coefficient (Wildman–Crippen LogP) is 3.07. The Hall–Kier alpha value is -1.88. The van der Waals surface area contributed by atoms with E-state index in [9.17, 15) is 0 Å². The van der Waals surface area contributed by atoms with Gasteiger partial charge in [0, 0.05) is 12.5 Å². The summed E-state index contributed by atoms with van der Waals surface area (Å²) in [6, 6.07) is 8.19. The number of rotatable bonds is 8. The second-order valence-electron chi connectivity index (χ2n) is 4.94. The fourth-order valence-electron chi connectivity index (χ4n) is 2.19. The molecule has 1 heterocycles. The first-order chi connectivity index (χ1) is 10.2. The summed E-state index contributed by atoms with van der Waals surface area (Å²) in [6.45, 7) is 7.80. The van der Waals surface area contributed by atoms with Gasteiger partial charge in [-0.2, -0.15) is 4.98 Å². The Kier molecular flexibility index (Phi) is 5.75. The number of para-hydroxylation sites is 1. The molecule has 1 unspecified atom stereocenters.